The first-order chi connectivity index (χ1) is 23.0. The molecule has 7 N–H and O–H groups in total. The van der Waals surface area contributed by atoms with Crippen molar-refractivity contribution in [3.63, 3.8) is 0 Å². The number of carboxylic acid groups (broad SMARTS) is 1. The number of hydrogen-bond donors (Lipinski definition) is 7. The molecule has 0 unspecified atom stereocenters. The van der Waals surface area contributed by atoms with E-state index in [-0.39, 0.29) is 31.6 Å². The van der Waals surface area contributed by atoms with Crippen LogP contribution in [0.25, 0.3) is 11.2 Å². The number of carboxylic acids is 1. The smallest absolute Gasteiger partial charge is 0.335 e. The molecule has 3 fully saturated rings. The lowest BCUT2D eigenvalue weighted by Gasteiger charge is -2.38. The van der Waals surface area contributed by atoms with Crippen LogP contribution in [-0.2, 0) is 19.0 Å². The number of hydrogen-bond acceptors (Lipinski definition) is 15. The number of nitrogens with zero attached hydrogens (tertiary/aromatic N) is 5. The molecule has 1 aliphatic heterocycles. The lowest BCUT2D eigenvalue weighted by molar-refractivity contribution is -0.296. The molecule has 11 atom stereocenters. The highest BCUT2D eigenvalue weighted by Gasteiger charge is 2.48. The number of rotatable bonds is 13. The van der Waals surface area contributed by atoms with Crippen LogP contribution in [0.4, 0.5) is 14.6 Å². The Balaban J connectivity index is 1.12. The highest BCUT2D eigenvalue weighted by Crippen LogP contribution is 2.44. The SMILES string of the molecule is CCCSc1nc(N[C@@H]2C[C@H]2c2ccc(F)c(F)c2)c2nnn([C@@H]3C[C@H](OCCO[C@@H]4O[C@H](C(=O)O)[C@@H](O)[C@H](O)[C@H]4O)[C@@H](O)[C@H]3O)c2n1. The molecular weight excluding hydrogens is 662 g/mol. The molecule has 0 spiro atoms. The summed E-state index contributed by atoms with van der Waals surface area (Å²) in [6.45, 7) is 1.59. The van der Waals surface area contributed by atoms with Gasteiger partial charge in [-0.2, -0.15) is 0 Å². The minimum Gasteiger partial charge on any atom is -0.479 e. The molecule has 0 bridgehead atoms. The lowest BCUT2D eigenvalue weighted by Crippen LogP contribution is -2.60. The first-order valence-corrected chi connectivity index (χ1v) is 16.5. The molecule has 48 heavy (non-hydrogen) atoms. The lowest BCUT2D eigenvalue weighted by atomic mass is 9.99. The third-order valence-corrected chi connectivity index (χ3v) is 9.70. The Morgan fingerprint density at radius 1 is 1.02 bits per heavy atom. The van der Waals surface area contributed by atoms with Gasteiger partial charge in [0.1, 0.15) is 30.5 Å². The molecule has 2 aromatic heterocycles. The number of halogens is 2. The molecule has 6 rings (SSSR count). The second-order valence-corrected chi connectivity index (χ2v) is 13.0. The van der Waals surface area contributed by atoms with Crippen molar-refractivity contribution in [1.29, 1.82) is 0 Å². The number of fused-ring (bicyclic) bond motifs is 1. The van der Waals surface area contributed by atoms with Crippen LogP contribution < -0.4 is 5.32 Å². The first kappa shape index (κ1) is 34.7. The largest absolute Gasteiger partial charge is 0.479 e. The molecular formula is C29H36F2N6O10S. The average molecular weight is 699 g/mol. The van der Waals surface area contributed by atoms with Crippen LogP contribution in [0.5, 0.6) is 0 Å². The number of benzene rings is 1. The number of carbonyl (C=O) groups is 1. The van der Waals surface area contributed by atoms with Gasteiger partial charge in [-0.3, -0.25) is 0 Å². The van der Waals surface area contributed by atoms with Crippen molar-refractivity contribution in [3.8, 4) is 0 Å². The van der Waals surface area contributed by atoms with Crippen LogP contribution in [0.2, 0.25) is 0 Å². The summed E-state index contributed by atoms with van der Waals surface area (Å²) in [5.74, 6) is -2.31. The summed E-state index contributed by atoms with van der Waals surface area (Å²) in [5.41, 5.74) is 1.29. The number of aromatic nitrogens is 5. The number of aliphatic hydroxyl groups excluding tert-OH is 5. The Morgan fingerprint density at radius 2 is 1.79 bits per heavy atom. The van der Waals surface area contributed by atoms with Crippen molar-refractivity contribution in [2.45, 2.75) is 98.4 Å². The Morgan fingerprint density at radius 3 is 2.52 bits per heavy atom. The van der Waals surface area contributed by atoms with Gasteiger partial charge in [0, 0.05) is 24.1 Å². The van der Waals surface area contributed by atoms with Crippen LogP contribution in [0.3, 0.4) is 0 Å². The van der Waals surface area contributed by atoms with Crippen molar-refractivity contribution in [1.82, 2.24) is 25.0 Å². The van der Waals surface area contributed by atoms with Crippen molar-refractivity contribution < 1.29 is 58.4 Å². The number of aliphatic hydroxyl groups is 5. The molecule has 1 saturated heterocycles. The number of thioether (sulfide) groups is 1. The fraction of sp³-hybridized carbons (Fsp3) is 0.621. The summed E-state index contributed by atoms with van der Waals surface area (Å²) in [6, 6.07) is 2.92. The van der Waals surface area contributed by atoms with Gasteiger partial charge in [0.2, 0.25) is 0 Å². The van der Waals surface area contributed by atoms with Crippen molar-refractivity contribution in [2.75, 3.05) is 24.3 Å². The molecule has 3 aromatic rings. The van der Waals surface area contributed by atoms with Gasteiger partial charge < -0.3 is 50.2 Å². The molecule has 16 nitrogen and oxygen atoms in total. The van der Waals surface area contributed by atoms with E-state index in [1.165, 1.54) is 22.5 Å². The Kier molecular flexibility index (Phi) is 10.4. The van der Waals surface area contributed by atoms with Crippen LogP contribution in [0.1, 0.15) is 43.7 Å². The van der Waals surface area contributed by atoms with Crippen LogP contribution in [0.15, 0.2) is 23.4 Å². The third-order valence-electron chi connectivity index (χ3n) is 8.65. The molecule has 3 aliphatic rings. The second kappa shape index (κ2) is 14.4. The summed E-state index contributed by atoms with van der Waals surface area (Å²) < 4.78 is 44.9. The van der Waals surface area contributed by atoms with E-state index in [2.05, 4.69) is 25.6 Å². The van der Waals surface area contributed by atoms with Crippen molar-refractivity contribution >= 4 is 34.7 Å². The molecule has 0 radical (unpaired) electrons. The predicted molar refractivity (Wildman–Crippen MR) is 161 cm³/mol. The predicted octanol–water partition coefficient (Wildman–Crippen LogP) is -0.0698. The minimum atomic E-state index is -1.86. The Labute approximate surface area is 276 Å². The maximum Gasteiger partial charge on any atom is 0.335 e. The van der Waals surface area contributed by atoms with Crippen LogP contribution in [-0.4, -0.2) is 136 Å². The van der Waals surface area contributed by atoms with Crippen LogP contribution in [0, 0.1) is 11.6 Å². The molecule has 2 aliphatic carbocycles. The van der Waals surface area contributed by atoms with Gasteiger partial charge in [0.25, 0.3) is 0 Å². The zero-order valence-corrected chi connectivity index (χ0v) is 26.4. The third kappa shape index (κ3) is 6.96. The van der Waals surface area contributed by atoms with Gasteiger partial charge in [-0.15, -0.1) is 5.10 Å². The highest BCUT2D eigenvalue weighted by molar-refractivity contribution is 7.99. The quantitative estimate of drug-likeness (QED) is 0.0703. The van der Waals surface area contributed by atoms with Gasteiger partial charge in [-0.25, -0.2) is 28.2 Å². The summed E-state index contributed by atoms with van der Waals surface area (Å²) in [6.07, 6.45) is -10.7. The zero-order chi connectivity index (χ0) is 34.3. The standard InChI is InChI=1S/C29H36F2N6O10S/c1-2-7-48-29-33-25(32-15-9-12(15)11-3-4-13(30)14(31)8-11)18-26(34-29)37(36-35-18)16-10-17(20(39)19(16)38)45-5-6-46-28-23(42)21(40)22(41)24(47-28)27(43)44/h3-4,8,12,15-17,19-24,28,38-42H,2,5-7,9-10H2,1H3,(H,43,44)(H,32,33,34)/t12-,15+,16+,17-,19-,20+,21-,22-,23+,24-,28+/m0/s1. The van der Waals surface area contributed by atoms with E-state index in [0.717, 1.165) is 18.2 Å². The van der Waals surface area contributed by atoms with E-state index >= 15 is 0 Å². The van der Waals surface area contributed by atoms with Gasteiger partial charge in [-0.05, 0) is 30.5 Å². The van der Waals surface area contributed by atoms with E-state index < -0.39 is 72.7 Å². The monoisotopic (exact) mass is 698 g/mol. The Bertz CT molecular complexity index is 1620. The second-order valence-electron chi connectivity index (χ2n) is 12.0. The molecule has 0 amide bonds. The maximum atomic E-state index is 13.8. The molecule has 262 valence electrons. The van der Waals surface area contributed by atoms with Crippen molar-refractivity contribution in [3.05, 3.63) is 35.4 Å². The summed E-state index contributed by atoms with van der Waals surface area (Å²) >= 11 is 1.42. The Hall–Kier alpha value is -3.14. The molecule has 1 aromatic carbocycles. The van der Waals surface area contributed by atoms with E-state index in [1.807, 2.05) is 6.92 Å². The van der Waals surface area contributed by atoms with Gasteiger partial charge in [0.15, 0.2) is 46.2 Å². The fourth-order valence-corrected chi connectivity index (χ4v) is 6.66. The van der Waals surface area contributed by atoms with E-state index in [9.17, 15) is 44.2 Å². The van der Waals surface area contributed by atoms with E-state index in [4.69, 9.17) is 14.2 Å². The van der Waals surface area contributed by atoms with Gasteiger partial charge in [-0.1, -0.05) is 30.0 Å². The maximum absolute atomic E-state index is 13.8. The van der Waals surface area contributed by atoms with Gasteiger partial charge >= 0.3 is 5.97 Å². The molecule has 3 heterocycles. The highest BCUT2D eigenvalue weighted by atomic mass is 32.2. The fourth-order valence-electron chi connectivity index (χ4n) is 5.96. The number of nitrogens with one attached hydrogen (secondary N) is 1. The summed E-state index contributed by atoms with van der Waals surface area (Å²) in [7, 11) is 0. The van der Waals surface area contributed by atoms with E-state index in [0.29, 0.717) is 34.1 Å². The number of ether oxygens (including phenoxy) is 3. The average Bonchev–Trinajstić information content (AvgIpc) is 3.61. The van der Waals surface area contributed by atoms with E-state index in [1.54, 1.807) is 6.07 Å². The molecule has 19 heteroatoms. The normalized spacial score (nSPS) is 33.3. The van der Waals surface area contributed by atoms with Crippen molar-refractivity contribution in [2.24, 2.45) is 0 Å². The summed E-state index contributed by atoms with van der Waals surface area (Å²) in [5, 5.41) is 73.2. The minimum absolute atomic E-state index is 0.0659. The number of aliphatic carboxylic acids is 1. The first-order valence-electron chi connectivity index (χ1n) is 15.5. The number of anilines is 1. The zero-order valence-electron chi connectivity index (χ0n) is 25.5. The summed E-state index contributed by atoms with van der Waals surface area (Å²) in [4.78, 5) is 20.6. The molecule has 2 saturated carbocycles. The topological polar surface area (TPSA) is 235 Å². The van der Waals surface area contributed by atoms with Gasteiger partial charge in [0.05, 0.1) is 25.4 Å². The van der Waals surface area contributed by atoms with Crippen LogP contribution >= 0.6 is 11.8 Å².